The number of hydrogen-bond acceptors (Lipinski definition) is 6. The lowest BCUT2D eigenvalue weighted by Crippen LogP contribution is -2.33. The molecule has 12 heteroatoms. The zero-order valence-corrected chi connectivity index (χ0v) is 23.3. The maximum Gasteiger partial charge on any atom is 0.408 e. The molecule has 3 rings (SSSR count). The summed E-state index contributed by atoms with van der Waals surface area (Å²) in [5.41, 5.74) is 2.92. The van der Waals surface area contributed by atoms with Crippen LogP contribution in [0.3, 0.4) is 0 Å². The molecule has 1 aliphatic carbocycles. The van der Waals surface area contributed by atoms with Crippen molar-refractivity contribution in [2.75, 3.05) is 19.0 Å². The molecule has 1 aliphatic rings. The van der Waals surface area contributed by atoms with Crippen LogP contribution in [-0.4, -0.2) is 50.0 Å². The van der Waals surface area contributed by atoms with Gasteiger partial charge >= 0.3 is 17.7 Å². The molecule has 1 atom stereocenters. The summed E-state index contributed by atoms with van der Waals surface area (Å²) in [4.78, 5) is 13.1. The largest absolute Gasteiger partial charge is 0.496 e. The summed E-state index contributed by atoms with van der Waals surface area (Å²) < 4.78 is 62.9. The third-order valence-corrected chi connectivity index (χ3v) is 6.94. The lowest BCUT2D eigenvalue weighted by Gasteiger charge is -2.26. The van der Waals surface area contributed by atoms with Crippen molar-refractivity contribution in [2.45, 2.75) is 78.6 Å². The van der Waals surface area contributed by atoms with Gasteiger partial charge in [0.15, 0.2) is 5.69 Å². The molecule has 212 valence electrons. The standard InChI is InChI=1S/C26H37F3N4O2.O2S/c1-6-20-23(25(34)30-15-18-10-8-16(3)9-11-18)32-33(7-2)24(20)21-13-12-19(14-22(21)35-5)31-17(4)26(27,28)29;1-3-2/h12-14,16-18,31H,6-11,15H2,1-5H3,(H,30,34);/t16?,17-,18?;/m1./s1. The number of halogens is 3. The van der Waals surface area contributed by atoms with E-state index in [1.54, 1.807) is 22.9 Å². The molecular weight excluding hydrogens is 521 g/mol. The molecule has 1 saturated carbocycles. The van der Waals surface area contributed by atoms with Gasteiger partial charge in [-0.25, -0.2) is 0 Å². The molecule has 1 aromatic heterocycles. The molecule has 1 amide bonds. The number of hydrogen-bond donors (Lipinski definition) is 2. The van der Waals surface area contributed by atoms with Gasteiger partial charge in [0.2, 0.25) is 0 Å². The summed E-state index contributed by atoms with van der Waals surface area (Å²) in [6, 6.07) is 3.16. The number of methoxy groups -OCH3 is 1. The highest BCUT2D eigenvalue weighted by molar-refractivity contribution is 7.51. The van der Waals surface area contributed by atoms with Crippen LogP contribution >= 0.6 is 0 Å². The molecule has 0 unspecified atom stereocenters. The summed E-state index contributed by atoms with van der Waals surface area (Å²) in [6.07, 6.45) is 0.861. The van der Waals surface area contributed by atoms with Crippen molar-refractivity contribution in [2.24, 2.45) is 11.8 Å². The van der Waals surface area contributed by atoms with E-state index in [0.717, 1.165) is 36.9 Å². The van der Waals surface area contributed by atoms with Gasteiger partial charge in [-0.1, -0.05) is 26.7 Å². The Bertz CT molecular complexity index is 1110. The molecular formula is C26H37F3N4O4S. The lowest BCUT2D eigenvalue weighted by molar-refractivity contribution is -0.138. The van der Waals surface area contributed by atoms with Crippen molar-refractivity contribution in [1.82, 2.24) is 15.1 Å². The number of aromatic nitrogens is 2. The molecule has 0 radical (unpaired) electrons. The maximum atomic E-state index is 13.1. The van der Waals surface area contributed by atoms with E-state index in [4.69, 9.17) is 13.2 Å². The van der Waals surface area contributed by atoms with Gasteiger partial charge < -0.3 is 15.4 Å². The molecule has 8 nitrogen and oxygen atoms in total. The molecule has 38 heavy (non-hydrogen) atoms. The van der Waals surface area contributed by atoms with Crippen LogP contribution in [0.25, 0.3) is 11.3 Å². The summed E-state index contributed by atoms with van der Waals surface area (Å²) in [6.45, 7) is 8.42. The fourth-order valence-electron chi connectivity index (χ4n) is 4.71. The van der Waals surface area contributed by atoms with Crippen LogP contribution in [0.15, 0.2) is 18.2 Å². The average Bonchev–Trinajstić information content (AvgIpc) is 3.26. The number of benzene rings is 1. The Hall–Kier alpha value is -2.89. The molecule has 1 heterocycles. The Morgan fingerprint density at radius 2 is 1.84 bits per heavy atom. The smallest absolute Gasteiger partial charge is 0.408 e. The van der Waals surface area contributed by atoms with E-state index in [2.05, 4.69) is 22.7 Å². The summed E-state index contributed by atoms with van der Waals surface area (Å²) in [7, 11) is 1.48. The molecule has 0 aliphatic heterocycles. The van der Waals surface area contributed by atoms with Crippen molar-refractivity contribution in [3.05, 3.63) is 29.5 Å². The number of ether oxygens (including phenoxy) is 1. The van der Waals surface area contributed by atoms with Gasteiger partial charge in [0, 0.05) is 36.0 Å². The predicted molar refractivity (Wildman–Crippen MR) is 141 cm³/mol. The second-order valence-corrected chi connectivity index (χ2v) is 9.71. The highest BCUT2D eigenvalue weighted by Gasteiger charge is 2.36. The van der Waals surface area contributed by atoms with Gasteiger partial charge in [-0.05, 0) is 57.1 Å². The van der Waals surface area contributed by atoms with Gasteiger partial charge in [0.25, 0.3) is 5.91 Å². The fourth-order valence-corrected chi connectivity index (χ4v) is 4.71. The first-order chi connectivity index (χ1) is 18.0. The van der Waals surface area contributed by atoms with Crippen molar-refractivity contribution >= 4 is 23.2 Å². The van der Waals surface area contributed by atoms with Crippen molar-refractivity contribution in [3.8, 4) is 17.0 Å². The van der Waals surface area contributed by atoms with Crippen molar-refractivity contribution in [3.63, 3.8) is 0 Å². The first kappa shape index (κ1) is 31.3. The maximum absolute atomic E-state index is 13.1. The lowest BCUT2D eigenvalue weighted by atomic mass is 9.83. The number of aryl methyl sites for hydroxylation is 1. The second kappa shape index (κ2) is 14.3. The number of carbonyl (C=O) groups excluding carboxylic acids is 1. The van der Waals surface area contributed by atoms with E-state index in [1.165, 1.54) is 20.0 Å². The van der Waals surface area contributed by atoms with E-state index in [0.29, 0.717) is 48.1 Å². The average molecular weight is 559 g/mol. The van der Waals surface area contributed by atoms with E-state index < -0.39 is 23.8 Å². The quantitative estimate of drug-likeness (QED) is 0.428. The normalized spacial score (nSPS) is 18.1. The van der Waals surface area contributed by atoms with Crippen molar-refractivity contribution < 1.29 is 31.1 Å². The Morgan fingerprint density at radius 1 is 1.21 bits per heavy atom. The van der Waals surface area contributed by atoms with Gasteiger partial charge in [-0.2, -0.15) is 26.7 Å². The minimum atomic E-state index is -4.36. The van der Waals surface area contributed by atoms with E-state index in [-0.39, 0.29) is 5.91 Å². The number of alkyl halides is 3. The third-order valence-electron chi connectivity index (χ3n) is 6.94. The van der Waals surface area contributed by atoms with Crippen LogP contribution in [-0.2, 0) is 24.5 Å². The van der Waals surface area contributed by atoms with Crippen LogP contribution in [0, 0.1) is 11.8 Å². The first-order valence-electron chi connectivity index (χ1n) is 12.8. The van der Waals surface area contributed by atoms with Gasteiger partial charge in [0.1, 0.15) is 11.8 Å². The van der Waals surface area contributed by atoms with E-state index >= 15 is 0 Å². The zero-order valence-electron chi connectivity index (χ0n) is 22.5. The first-order valence-corrected chi connectivity index (χ1v) is 13.5. The third kappa shape index (κ3) is 8.05. The van der Waals surface area contributed by atoms with Crippen LogP contribution in [0.2, 0.25) is 0 Å². The number of anilines is 1. The fraction of sp³-hybridized carbons (Fsp3) is 0.615. The number of rotatable bonds is 9. The number of nitrogens with one attached hydrogen (secondary N) is 2. The summed E-state index contributed by atoms with van der Waals surface area (Å²) in [5, 5.41) is 10.2. The molecule has 2 N–H and O–H groups in total. The Morgan fingerprint density at radius 3 is 2.37 bits per heavy atom. The SMILES string of the molecule is CCc1c(C(=O)NCC2CCC(C)CC2)nn(CC)c1-c1ccc(N[C@H](C)C(F)(F)F)cc1OC.O=S=O. The minimum absolute atomic E-state index is 0.190. The van der Waals surface area contributed by atoms with E-state index in [9.17, 15) is 18.0 Å². The molecule has 0 bridgehead atoms. The Kier molecular flexibility index (Phi) is 11.8. The summed E-state index contributed by atoms with van der Waals surface area (Å²) in [5.74, 6) is 1.47. The number of amides is 1. The molecule has 1 aromatic carbocycles. The van der Waals surface area contributed by atoms with Crippen molar-refractivity contribution in [1.29, 1.82) is 0 Å². The van der Waals surface area contributed by atoms with Gasteiger partial charge in [-0.15, -0.1) is 0 Å². The predicted octanol–water partition coefficient (Wildman–Crippen LogP) is 5.39. The topological polar surface area (TPSA) is 102 Å². The highest BCUT2D eigenvalue weighted by atomic mass is 32.1. The van der Waals surface area contributed by atoms with Crippen LogP contribution in [0.5, 0.6) is 5.75 Å². The Balaban J connectivity index is 0.00000161. The molecule has 2 aromatic rings. The Labute approximate surface area is 225 Å². The second-order valence-electron chi connectivity index (χ2n) is 9.57. The molecule has 0 saturated heterocycles. The minimum Gasteiger partial charge on any atom is -0.496 e. The number of nitrogens with zero attached hydrogens (tertiary/aromatic N) is 2. The monoisotopic (exact) mass is 558 g/mol. The van der Waals surface area contributed by atoms with Gasteiger partial charge in [-0.3, -0.25) is 9.48 Å². The number of carbonyl (C=O) groups is 1. The van der Waals surface area contributed by atoms with Crippen LogP contribution in [0.1, 0.15) is 69.4 Å². The van der Waals surface area contributed by atoms with E-state index in [1.807, 2.05) is 13.8 Å². The van der Waals surface area contributed by atoms with Gasteiger partial charge in [0.05, 0.1) is 12.8 Å². The molecule has 0 spiro atoms. The molecule has 1 fully saturated rings. The van der Waals surface area contributed by atoms with Crippen LogP contribution in [0.4, 0.5) is 18.9 Å². The zero-order chi connectivity index (χ0) is 28.5. The highest BCUT2D eigenvalue weighted by Crippen LogP contribution is 2.37. The summed E-state index contributed by atoms with van der Waals surface area (Å²) >= 11 is -0.750. The van der Waals surface area contributed by atoms with Crippen LogP contribution < -0.4 is 15.4 Å².